The summed E-state index contributed by atoms with van der Waals surface area (Å²) in [7, 11) is 0. The van der Waals surface area contributed by atoms with Crippen molar-refractivity contribution in [2.45, 2.75) is 6.42 Å². The zero-order valence-corrected chi connectivity index (χ0v) is 12.5. The summed E-state index contributed by atoms with van der Waals surface area (Å²) in [6.45, 7) is 0.666. The lowest BCUT2D eigenvalue weighted by molar-refractivity contribution is 0.0450. The van der Waals surface area contributed by atoms with Gasteiger partial charge in [0.2, 0.25) is 0 Å². The summed E-state index contributed by atoms with van der Waals surface area (Å²) in [5.74, 6) is -0.255. The zero-order chi connectivity index (χ0) is 16.1. The lowest BCUT2D eigenvalue weighted by atomic mass is 10.1. The molecule has 0 amide bonds. The Labute approximate surface area is 133 Å². The molecule has 0 radical (unpaired) electrons. The third-order valence-corrected chi connectivity index (χ3v) is 3.44. The largest absolute Gasteiger partial charge is 0.490 e. The number of rotatable bonds is 0. The second-order valence-corrected chi connectivity index (χ2v) is 5.10. The molecule has 5 nitrogen and oxygen atoms in total. The van der Waals surface area contributed by atoms with E-state index in [4.69, 9.17) is 14.2 Å². The lowest BCUT2D eigenvalue weighted by Crippen LogP contribution is -2.13. The Balaban J connectivity index is 1.82. The van der Waals surface area contributed by atoms with Gasteiger partial charge < -0.3 is 14.2 Å². The van der Waals surface area contributed by atoms with Gasteiger partial charge in [-0.2, -0.15) is 0 Å². The van der Waals surface area contributed by atoms with Crippen molar-refractivity contribution < 1.29 is 23.8 Å². The molecule has 0 aromatic heterocycles. The summed E-state index contributed by atoms with van der Waals surface area (Å²) in [6, 6.07) is 13.9. The van der Waals surface area contributed by atoms with Crippen LogP contribution in [-0.4, -0.2) is 31.8 Å². The Kier molecular flexibility index (Phi) is 4.57. The van der Waals surface area contributed by atoms with Crippen molar-refractivity contribution in [3.05, 3.63) is 65.2 Å². The quantitative estimate of drug-likeness (QED) is 0.700. The van der Waals surface area contributed by atoms with Crippen LogP contribution in [0.15, 0.2) is 48.5 Å². The van der Waals surface area contributed by atoms with Gasteiger partial charge in [0.15, 0.2) is 0 Å². The van der Waals surface area contributed by atoms with Crippen LogP contribution in [0.2, 0.25) is 0 Å². The van der Waals surface area contributed by atoms with E-state index < -0.39 is 11.9 Å². The Bertz CT molecular complexity index is 723. The van der Waals surface area contributed by atoms with Crippen LogP contribution >= 0.6 is 0 Å². The van der Waals surface area contributed by atoms with Crippen LogP contribution in [0.5, 0.6) is 5.75 Å². The minimum Gasteiger partial charge on any atom is -0.490 e. The van der Waals surface area contributed by atoms with Crippen LogP contribution in [0.25, 0.3) is 0 Å². The number of ether oxygens (including phenoxy) is 3. The molecule has 5 heteroatoms. The van der Waals surface area contributed by atoms with Gasteiger partial charge in [-0.15, -0.1) is 0 Å². The highest BCUT2D eigenvalue weighted by atomic mass is 16.6. The van der Waals surface area contributed by atoms with E-state index in [1.165, 1.54) is 6.07 Å². The third kappa shape index (κ3) is 3.88. The van der Waals surface area contributed by atoms with E-state index in [1.807, 2.05) is 24.3 Å². The minimum atomic E-state index is -0.494. The van der Waals surface area contributed by atoms with Gasteiger partial charge in [-0.05, 0) is 35.9 Å². The van der Waals surface area contributed by atoms with Crippen LogP contribution in [0.3, 0.4) is 0 Å². The van der Waals surface area contributed by atoms with Gasteiger partial charge in [0, 0.05) is 6.42 Å². The summed E-state index contributed by atoms with van der Waals surface area (Å²) in [5, 5.41) is 0. The molecule has 0 saturated carbocycles. The SMILES string of the molecule is O=C1OCCOc2cccc(c2)CCOC(=O)c2cccc1c2. The third-order valence-electron chi connectivity index (χ3n) is 3.44. The van der Waals surface area contributed by atoms with Gasteiger partial charge in [-0.25, -0.2) is 9.59 Å². The molecule has 0 spiro atoms. The highest BCUT2D eigenvalue weighted by Crippen LogP contribution is 2.15. The van der Waals surface area contributed by atoms with Crippen molar-refractivity contribution in [1.29, 1.82) is 0 Å². The number of benzene rings is 2. The normalized spacial score (nSPS) is 15.5. The second-order valence-electron chi connectivity index (χ2n) is 5.10. The highest BCUT2D eigenvalue weighted by Gasteiger charge is 2.13. The maximum atomic E-state index is 12.0. The molecule has 0 saturated heterocycles. The first-order valence-corrected chi connectivity index (χ1v) is 7.38. The molecular formula is C18H16O5. The van der Waals surface area contributed by atoms with Gasteiger partial charge in [0.05, 0.1) is 17.7 Å². The molecule has 3 rings (SSSR count). The van der Waals surface area contributed by atoms with Crippen molar-refractivity contribution in [2.24, 2.45) is 0 Å². The summed E-state index contributed by atoms with van der Waals surface area (Å²) in [5.41, 5.74) is 1.66. The molecule has 23 heavy (non-hydrogen) atoms. The molecule has 2 aromatic carbocycles. The summed E-state index contributed by atoms with van der Waals surface area (Å²) >= 11 is 0. The highest BCUT2D eigenvalue weighted by molar-refractivity contribution is 5.95. The molecule has 4 bridgehead atoms. The van der Waals surface area contributed by atoms with Crippen molar-refractivity contribution >= 4 is 11.9 Å². The second kappa shape index (κ2) is 6.96. The Morgan fingerprint density at radius 1 is 0.696 bits per heavy atom. The molecule has 0 unspecified atom stereocenters. The van der Waals surface area contributed by atoms with E-state index in [1.54, 1.807) is 18.2 Å². The molecule has 0 aliphatic carbocycles. The number of esters is 2. The average Bonchev–Trinajstić information content (AvgIpc) is 2.58. The van der Waals surface area contributed by atoms with Gasteiger partial charge in [-0.1, -0.05) is 18.2 Å². The molecule has 0 N–H and O–H groups in total. The van der Waals surface area contributed by atoms with Crippen molar-refractivity contribution in [3.63, 3.8) is 0 Å². The topological polar surface area (TPSA) is 61.8 Å². The van der Waals surface area contributed by atoms with E-state index in [0.29, 0.717) is 23.3 Å². The first-order chi connectivity index (χ1) is 11.2. The van der Waals surface area contributed by atoms with E-state index in [9.17, 15) is 9.59 Å². The maximum absolute atomic E-state index is 12.0. The van der Waals surface area contributed by atoms with Crippen molar-refractivity contribution in [3.8, 4) is 5.75 Å². The number of hydrogen-bond acceptors (Lipinski definition) is 5. The van der Waals surface area contributed by atoms with Crippen LogP contribution < -0.4 is 4.74 Å². The maximum Gasteiger partial charge on any atom is 0.338 e. The summed E-state index contributed by atoms with van der Waals surface area (Å²) < 4.78 is 16.0. The van der Waals surface area contributed by atoms with Gasteiger partial charge in [0.25, 0.3) is 0 Å². The molecule has 0 fully saturated rings. The zero-order valence-electron chi connectivity index (χ0n) is 12.5. The molecule has 1 aliphatic heterocycles. The van der Waals surface area contributed by atoms with Gasteiger partial charge in [-0.3, -0.25) is 0 Å². The minimum absolute atomic E-state index is 0.137. The van der Waals surface area contributed by atoms with Gasteiger partial charge >= 0.3 is 11.9 Å². The van der Waals surface area contributed by atoms with E-state index in [-0.39, 0.29) is 19.8 Å². The van der Waals surface area contributed by atoms with Crippen molar-refractivity contribution in [2.75, 3.05) is 19.8 Å². The van der Waals surface area contributed by atoms with Crippen molar-refractivity contribution in [1.82, 2.24) is 0 Å². The van der Waals surface area contributed by atoms with E-state index in [0.717, 1.165) is 5.56 Å². The number of carbonyl (C=O) groups is 2. The molecule has 1 heterocycles. The first-order valence-electron chi connectivity index (χ1n) is 7.38. The molecule has 0 atom stereocenters. The Morgan fingerprint density at radius 2 is 1.35 bits per heavy atom. The van der Waals surface area contributed by atoms with Crippen LogP contribution in [0.1, 0.15) is 26.3 Å². The number of hydrogen-bond donors (Lipinski definition) is 0. The van der Waals surface area contributed by atoms with Crippen LogP contribution in [0.4, 0.5) is 0 Å². The standard InChI is InChI=1S/C18H16O5/c19-17-14-4-2-5-15(12-14)18(20)23-10-9-21-16-6-1-3-13(11-16)7-8-22-17/h1-6,11-12H,7-10H2. The fraction of sp³-hybridized carbons (Fsp3) is 0.222. The summed E-state index contributed by atoms with van der Waals surface area (Å²) in [6.07, 6.45) is 0.595. The van der Waals surface area contributed by atoms with Crippen LogP contribution in [0, 0.1) is 0 Å². The Hall–Kier alpha value is -2.82. The fourth-order valence-electron chi connectivity index (χ4n) is 2.29. The number of cyclic esters (lactones) is 2. The van der Waals surface area contributed by atoms with E-state index in [2.05, 4.69) is 0 Å². The number of fused-ring (bicyclic) bond motifs is 4. The monoisotopic (exact) mass is 312 g/mol. The smallest absolute Gasteiger partial charge is 0.338 e. The molecule has 1 aliphatic rings. The predicted octanol–water partition coefficient (Wildman–Crippen LogP) is 2.64. The first kappa shape index (κ1) is 15.1. The fourth-order valence-corrected chi connectivity index (χ4v) is 2.29. The predicted molar refractivity (Wildman–Crippen MR) is 82.6 cm³/mol. The average molecular weight is 312 g/mol. The lowest BCUT2D eigenvalue weighted by Gasteiger charge is -2.08. The van der Waals surface area contributed by atoms with Crippen LogP contribution in [-0.2, 0) is 15.9 Å². The van der Waals surface area contributed by atoms with E-state index >= 15 is 0 Å². The molecular weight excluding hydrogens is 296 g/mol. The van der Waals surface area contributed by atoms with Gasteiger partial charge in [0.1, 0.15) is 19.0 Å². The number of carbonyl (C=O) groups excluding carboxylic acids is 2. The molecule has 2 aromatic rings. The Morgan fingerprint density at radius 3 is 2.13 bits per heavy atom. The summed E-state index contributed by atoms with van der Waals surface area (Å²) in [4.78, 5) is 24.0. The molecule has 118 valence electrons.